The van der Waals surface area contributed by atoms with E-state index in [1.54, 1.807) is 24.3 Å². The third-order valence-electron chi connectivity index (χ3n) is 5.38. The second kappa shape index (κ2) is 17.6. The number of unbranched alkanes of at least 4 members (excludes halogenated alkanes) is 15. The Morgan fingerprint density at radius 2 is 1.07 bits per heavy atom. The van der Waals surface area contributed by atoms with E-state index in [-0.39, 0.29) is 0 Å². The van der Waals surface area contributed by atoms with Crippen molar-refractivity contribution in [2.75, 3.05) is 6.61 Å². The summed E-state index contributed by atoms with van der Waals surface area (Å²) in [5.41, 5.74) is 7.46. The summed E-state index contributed by atoms with van der Waals surface area (Å²) in [6.45, 7) is 3.01. The summed E-state index contributed by atoms with van der Waals surface area (Å²) in [5.74, 6) is 0.135. The zero-order chi connectivity index (χ0) is 20.3. The fourth-order valence-corrected chi connectivity index (χ4v) is 3.54. The molecule has 1 rings (SSSR count). The van der Waals surface area contributed by atoms with Gasteiger partial charge in [-0.25, -0.2) is 0 Å². The first-order chi connectivity index (χ1) is 13.7. The molecule has 0 aliphatic heterocycles. The third-order valence-corrected chi connectivity index (χ3v) is 5.38. The van der Waals surface area contributed by atoms with Crippen LogP contribution >= 0.6 is 0 Å². The Kier molecular flexibility index (Phi) is 15.4. The van der Waals surface area contributed by atoms with Crippen LogP contribution in [0.15, 0.2) is 24.3 Å². The minimum absolute atomic E-state index is 0.412. The second-order valence-electron chi connectivity index (χ2n) is 8.01. The van der Waals surface area contributed by atoms with Gasteiger partial charge in [-0.3, -0.25) is 10.5 Å². The smallest absolute Gasteiger partial charge is 0.269 e. The number of hydrogen-bond acceptors (Lipinski definition) is 2. The molecule has 0 bridgehead atoms. The SMILES string of the molecule is CCCCCCCCCCCCCCCCCCOc1ccc(C([NH])=O)cc1. The Morgan fingerprint density at radius 3 is 1.46 bits per heavy atom. The molecule has 28 heavy (non-hydrogen) atoms. The van der Waals surface area contributed by atoms with E-state index in [1.165, 1.54) is 96.3 Å². The monoisotopic (exact) mass is 388 g/mol. The molecule has 3 heteroatoms. The van der Waals surface area contributed by atoms with Crippen molar-refractivity contribution < 1.29 is 9.53 Å². The highest BCUT2D eigenvalue weighted by molar-refractivity contribution is 5.92. The van der Waals surface area contributed by atoms with Crippen LogP contribution in [0.25, 0.3) is 0 Å². The molecule has 0 unspecified atom stereocenters. The molecule has 0 saturated carbocycles. The molecule has 1 amide bonds. The molecule has 0 heterocycles. The van der Waals surface area contributed by atoms with Crippen molar-refractivity contribution in [1.29, 1.82) is 0 Å². The van der Waals surface area contributed by atoms with E-state index < -0.39 is 5.91 Å². The van der Waals surface area contributed by atoms with Crippen molar-refractivity contribution in [2.24, 2.45) is 0 Å². The summed E-state index contributed by atoms with van der Waals surface area (Å²) in [6, 6.07) is 6.85. The molecule has 159 valence electrons. The van der Waals surface area contributed by atoms with E-state index >= 15 is 0 Å². The lowest BCUT2D eigenvalue weighted by Gasteiger charge is -2.06. The van der Waals surface area contributed by atoms with Crippen LogP contribution in [0.5, 0.6) is 5.75 Å². The van der Waals surface area contributed by atoms with Gasteiger partial charge in [-0.15, -0.1) is 0 Å². The van der Waals surface area contributed by atoms with Crippen LogP contribution < -0.4 is 10.5 Å². The van der Waals surface area contributed by atoms with Gasteiger partial charge in [0.05, 0.1) is 6.61 Å². The number of carbonyl (C=O) groups excluding carboxylic acids is 1. The molecule has 0 aliphatic carbocycles. The van der Waals surface area contributed by atoms with Gasteiger partial charge in [0.25, 0.3) is 5.91 Å². The molecule has 0 fully saturated rings. The maximum Gasteiger partial charge on any atom is 0.269 e. The fourth-order valence-electron chi connectivity index (χ4n) is 3.54. The van der Waals surface area contributed by atoms with E-state index in [1.807, 2.05) is 0 Å². The van der Waals surface area contributed by atoms with Gasteiger partial charge in [-0.2, -0.15) is 0 Å². The predicted octanol–water partition coefficient (Wildman–Crippen LogP) is 7.75. The number of rotatable bonds is 19. The van der Waals surface area contributed by atoms with Gasteiger partial charge in [-0.1, -0.05) is 103 Å². The average Bonchev–Trinajstić information content (AvgIpc) is 2.70. The number of ether oxygens (including phenoxy) is 1. The number of carbonyl (C=O) groups is 1. The van der Waals surface area contributed by atoms with Crippen LogP contribution in [0.3, 0.4) is 0 Å². The molecule has 0 spiro atoms. The normalized spacial score (nSPS) is 10.9. The Labute approximate surface area is 173 Å². The Morgan fingerprint density at radius 1 is 0.679 bits per heavy atom. The molecule has 3 nitrogen and oxygen atoms in total. The number of amides is 1. The van der Waals surface area contributed by atoms with Gasteiger partial charge in [0.1, 0.15) is 5.75 Å². The first-order valence-corrected chi connectivity index (χ1v) is 11.7. The number of nitrogens with one attached hydrogen (secondary N) is 1. The highest BCUT2D eigenvalue weighted by Crippen LogP contribution is 2.15. The van der Waals surface area contributed by atoms with E-state index in [9.17, 15) is 4.79 Å². The Hall–Kier alpha value is -1.51. The highest BCUT2D eigenvalue weighted by Gasteiger charge is 2.01. The van der Waals surface area contributed by atoms with Gasteiger partial charge < -0.3 is 4.74 Å². The maximum absolute atomic E-state index is 10.9. The van der Waals surface area contributed by atoms with E-state index in [0.717, 1.165) is 18.8 Å². The minimum atomic E-state index is -0.649. The van der Waals surface area contributed by atoms with Crippen molar-refractivity contribution in [1.82, 2.24) is 5.73 Å². The predicted molar refractivity (Wildman–Crippen MR) is 119 cm³/mol. The van der Waals surface area contributed by atoms with Crippen LogP contribution in [0.1, 0.15) is 120 Å². The summed E-state index contributed by atoms with van der Waals surface area (Å²) in [4.78, 5) is 10.9. The van der Waals surface area contributed by atoms with Crippen molar-refractivity contribution >= 4 is 5.91 Å². The first-order valence-electron chi connectivity index (χ1n) is 11.7. The Bertz CT molecular complexity index is 484. The van der Waals surface area contributed by atoms with Crippen LogP contribution in [0.4, 0.5) is 0 Å². The lowest BCUT2D eigenvalue weighted by atomic mass is 10.0. The van der Waals surface area contributed by atoms with Gasteiger partial charge in [0, 0.05) is 5.56 Å². The molecular weight excluding hydrogens is 346 g/mol. The van der Waals surface area contributed by atoms with Gasteiger partial charge in [0.2, 0.25) is 0 Å². The zero-order valence-corrected chi connectivity index (χ0v) is 18.1. The standard InChI is InChI=1S/C25H42NO2/c1-2-3-4-5-6-7-8-9-10-11-12-13-14-15-16-17-22-28-24-20-18-23(19-21-24)25(26)27/h18-21,26H,2-17,22H2,1H3. The molecule has 0 aromatic heterocycles. The summed E-state index contributed by atoms with van der Waals surface area (Å²) < 4.78 is 5.69. The van der Waals surface area contributed by atoms with E-state index in [2.05, 4.69) is 6.92 Å². The van der Waals surface area contributed by atoms with Crippen molar-refractivity contribution in [2.45, 2.75) is 110 Å². The summed E-state index contributed by atoms with van der Waals surface area (Å²) in [7, 11) is 0. The molecule has 1 aromatic carbocycles. The molecule has 1 N–H and O–H groups in total. The fraction of sp³-hybridized carbons (Fsp3) is 0.720. The van der Waals surface area contributed by atoms with Gasteiger partial charge in [0.15, 0.2) is 0 Å². The first kappa shape index (κ1) is 24.5. The quantitative estimate of drug-likeness (QED) is 0.227. The topological polar surface area (TPSA) is 50.1 Å². The molecule has 0 saturated heterocycles. The number of benzene rings is 1. The van der Waals surface area contributed by atoms with Crippen LogP contribution in [-0.2, 0) is 0 Å². The van der Waals surface area contributed by atoms with Crippen LogP contribution in [0.2, 0.25) is 0 Å². The average molecular weight is 389 g/mol. The molecule has 1 aromatic rings. The molecule has 0 atom stereocenters. The van der Waals surface area contributed by atoms with Crippen molar-refractivity contribution in [3.8, 4) is 5.75 Å². The second-order valence-corrected chi connectivity index (χ2v) is 8.01. The van der Waals surface area contributed by atoms with E-state index in [4.69, 9.17) is 10.5 Å². The largest absolute Gasteiger partial charge is 0.494 e. The lowest BCUT2D eigenvalue weighted by Crippen LogP contribution is -2.00. The zero-order valence-electron chi connectivity index (χ0n) is 18.1. The molecule has 0 aliphatic rings. The van der Waals surface area contributed by atoms with Crippen LogP contribution in [-0.4, -0.2) is 12.5 Å². The van der Waals surface area contributed by atoms with Crippen molar-refractivity contribution in [3.63, 3.8) is 0 Å². The molecular formula is C25H42NO2. The minimum Gasteiger partial charge on any atom is -0.494 e. The van der Waals surface area contributed by atoms with Crippen LogP contribution in [0, 0.1) is 0 Å². The van der Waals surface area contributed by atoms with E-state index in [0.29, 0.717) is 5.56 Å². The highest BCUT2D eigenvalue weighted by atomic mass is 16.5. The summed E-state index contributed by atoms with van der Waals surface area (Å²) in [6.07, 6.45) is 22.0. The Balaban J connectivity index is 1.79. The number of hydrogen-bond donors (Lipinski definition) is 0. The third kappa shape index (κ3) is 13.6. The lowest BCUT2D eigenvalue weighted by molar-refractivity contribution is 0.0992. The summed E-state index contributed by atoms with van der Waals surface area (Å²) in [5, 5.41) is 0. The molecule has 1 radical (unpaired) electrons. The van der Waals surface area contributed by atoms with Crippen molar-refractivity contribution in [3.05, 3.63) is 29.8 Å². The van der Waals surface area contributed by atoms with Gasteiger partial charge >= 0.3 is 0 Å². The maximum atomic E-state index is 10.9. The van der Waals surface area contributed by atoms with Gasteiger partial charge in [-0.05, 0) is 30.7 Å². The summed E-state index contributed by atoms with van der Waals surface area (Å²) >= 11 is 0.